The Balaban J connectivity index is 2.15. The largest absolute Gasteiger partial charge is 0.344 e. The second-order valence-corrected chi connectivity index (χ2v) is 7.43. The van der Waals surface area contributed by atoms with Crippen LogP contribution in [0.4, 0.5) is 5.69 Å². The predicted octanol–water partition coefficient (Wildman–Crippen LogP) is 2.27. The molecule has 6 nitrogen and oxygen atoms in total. The molecule has 0 aliphatic carbocycles. The van der Waals surface area contributed by atoms with Gasteiger partial charge in [0, 0.05) is 29.8 Å². The topological polar surface area (TPSA) is 86.4 Å². The zero-order valence-electron chi connectivity index (χ0n) is 12.2. The van der Waals surface area contributed by atoms with Gasteiger partial charge in [0.05, 0.1) is 5.69 Å². The molecule has 0 radical (unpaired) electrons. The molecular formula is C15H14N4O2S. The number of hydrogen-bond acceptors (Lipinski definition) is 4. The van der Waals surface area contributed by atoms with Gasteiger partial charge in [0.1, 0.15) is 11.8 Å². The molecule has 2 aromatic rings. The van der Waals surface area contributed by atoms with E-state index >= 15 is 0 Å². The third kappa shape index (κ3) is 2.42. The van der Waals surface area contributed by atoms with Crippen LogP contribution < -0.4 is 4.31 Å². The van der Waals surface area contributed by atoms with E-state index in [1.165, 1.54) is 16.7 Å². The van der Waals surface area contributed by atoms with E-state index in [9.17, 15) is 8.42 Å². The lowest BCUT2D eigenvalue weighted by molar-refractivity contribution is 0.522. The maximum atomic E-state index is 12.2. The summed E-state index contributed by atoms with van der Waals surface area (Å²) in [5.74, 6) is 0. The van der Waals surface area contributed by atoms with E-state index in [2.05, 4.69) is 9.38 Å². The smallest absolute Gasteiger partial charge is 0.251 e. The number of pyridine rings is 1. The third-order valence-corrected chi connectivity index (χ3v) is 4.78. The normalized spacial score (nSPS) is 19.0. The second kappa shape index (κ2) is 4.78. The molecule has 0 amide bonds. The van der Waals surface area contributed by atoms with Crippen LogP contribution in [0.5, 0.6) is 0 Å². The maximum absolute atomic E-state index is 12.2. The molecule has 0 N–H and O–H groups in total. The minimum Gasteiger partial charge on any atom is -0.251 e. The summed E-state index contributed by atoms with van der Waals surface area (Å²) < 4.78 is 29.4. The summed E-state index contributed by atoms with van der Waals surface area (Å²) in [6.45, 7) is 4.17. The molecule has 0 saturated heterocycles. The zero-order chi connectivity index (χ0) is 16.0. The monoisotopic (exact) mass is 314 g/mol. The quantitative estimate of drug-likeness (QED) is 0.808. The van der Waals surface area contributed by atoms with Gasteiger partial charge in [0.25, 0.3) is 0 Å². The van der Waals surface area contributed by atoms with Gasteiger partial charge in [-0.15, -0.1) is 0 Å². The minimum atomic E-state index is -3.71. The van der Waals surface area contributed by atoms with E-state index in [0.717, 1.165) is 5.39 Å². The van der Waals surface area contributed by atoms with Crippen molar-refractivity contribution in [1.29, 1.82) is 5.26 Å². The van der Waals surface area contributed by atoms with Crippen molar-refractivity contribution < 1.29 is 8.42 Å². The molecule has 22 heavy (non-hydrogen) atoms. The van der Waals surface area contributed by atoms with Crippen molar-refractivity contribution in [2.45, 2.75) is 13.8 Å². The number of hydrogen-bond donors (Lipinski definition) is 0. The van der Waals surface area contributed by atoms with Crippen LogP contribution in [-0.2, 0) is 10.2 Å². The number of nitrogens with zero attached hydrogens (tertiary/aromatic N) is 4. The minimum absolute atomic E-state index is 0.320. The molecule has 0 unspecified atom stereocenters. The Morgan fingerprint density at radius 1 is 1.32 bits per heavy atom. The fourth-order valence-electron chi connectivity index (χ4n) is 2.39. The average Bonchev–Trinajstić information content (AvgIpc) is 2.49. The summed E-state index contributed by atoms with van der Waals surface area (Å²) in [6.07, 6.45) is 3.01. The number of aromatic nitrogens is 1. The number of anilines is 1. The first kappa shape index (κ1) is 14.5. The SMILES string of the molecule is CC1(C)C=NS(=O)(=O)N(c2ccc3c(C#N)nccc3c2)C1. The fourth-order valence-corrected chi connectivity index (χ4v) is 3.80. The molecule has 1 aliphatic rings. The number of benzene rings is 1. The van der Waals surface area contributed by atoms with E-state index in [-0.39, 0.29) is 5.41 Å². The van der Waals surface area contributed by atoms with Crippen molar-refractivity contribution in [3.63, 3.8) is 0 Å². The molecule has 1 aromatic heterocycles. The Bertz CT molecular complexity index is 926. The van der Waals surface area contributed by atoms with E-state index in [4.69, 9.17) is 5.26 Å². The highest BCUT2D eigenvalue weighted by atomic mass is 32.2. The van der Waals surface area contributed by atoms with E-state index in [1.807, 2.05) is 19.9 Å². The lowest BCUT2D eigenvalue weighted by Gasteiger charge is -2.33. The summed E-state index contributed by atoms with van der Waals surface area (Å²) in [7, 11) is -3.71. The molecule has 112 valence electrons. The van der Waals surface area contributed by atoms with Crippen molar-refractivity contribution in [3.05, 3.63) is 36.2 Å². The molecule has 3 rings (SSSR count). The van der Waals surface area contributed by atoms with Crippen LogP contribution >= 0.6 is 0 Å². The highest BCUT2D eigenvalue weighted by Gasteiger charge is 2.33. The van der Waals surface area contributed by atoms with E-state index in [1.54, 1.807) is 24.3 Å². The lowest BCUT2D eigenvalue weighted by atomic mass is 9.95. The fraction of sp³-hybridized carbons (Fsp3) is 0.267. The highest BCUT2D eigenvalue weighted by Crippen LogP contribution is 2.31. The molecule has 7 heteroatoms. The Morgan fingerprint density at radius 3 is 2.82 bits per heavy atom. The lowest BCUT2D eigenvalue weighted by Crippen LogP contribution is -2.42. The summed E-state index contributed by atoms with van der Waals surface area (Å²) in [5, 5.41) is 10.5. The molecule has 0 spiro atoms. The summed E-state index contributed by atoms with van der Waals surface area (Å²) in [4.78, 5) is 4.00. The van der Waals surface area contributed by atoms with Gasteiger partial charge in [0.2, 0.25) is 0 Å². The molecular weight excluding hydrogens is 300 g/mol. The Labute approximate surface area is 128 Å². The van der Waals surface area contributed by atoms with Crippen LogP contribution in [0, 0.1) is 16.7 Å². The first-order valence-corrected chi connectivity index (χ1v) is 8.10. The van der Waals surface area contributed by atoms with Gasteiger partial charge < -0.3 is 0 Å². The van der Waals surface area contributed by atoms with Gasteiger partial charge in [-0.25, -0.2) is 4.98 Å². The van der Waals surface area contributed by atoms with Crippen LogP contribution in [0.1, 0.15) is 19.5 Å². The van der Waals surface area contributed by atoms with Crippen molar-refractivity contribution >= 4 is 32.9 Å². The Kier molecular flexibility index (Phi) is 3.15. The average molecular weight is 314 g/mol. The Hall–Kier alpha value is -2.46. The van der Waals surface area contributed by atoms with E-state index in [0.29, 0.717) is 23.3 Å². The first-order chi connectivity index (χ1) is 10.3. The molecule has 0 saturated carbocycles. The van der Waals surface area contributed by atoms with Crippen LogP contribution in [0.3, 0.4) is 0 Å². The number of nitriles is 1. The van der Waals surface area contributed by atoms with Crippen molar-refractivity contribution in [2.75, 3.05) is 10.8 Å². The highest BCUT2D eigenvalue weighted by molar-refractivity contribution is 7.91. The van der Waals surface area contributed by atoms with Gasteiger partial charge in [-0.2, -0.15) is 18.1 Å². The number of fused-ring (bicyclic) bond motifs is 1. The van der Waals surface area contributed by atoms with Gasteiger partial charge in [-0.1, -0.05) is 13.8 Å². The van der Waals surface area contributed by atoms with Crippen LogP contribution in [0.25, 0.3) is 10.8 Å². The summed E-state index contributed by atoms with van der Waals surface area (Å²) in [6, 6.07) is 8.93. The molecule has 2 heterocycles. The van der Waals surface area contributed by atoms with Crippen LogP contribution in [-0.4, -0.2) is 26.2 Å². The van der Waals surface area contributed by atoms with E-state index < -0.39 is 10.2 Å². The predicted molar refractivity (Wildman–Crippen MR) is 85.0 cm³/mol. The molecule has 0 bridgehead atoms. The van der Waals surface area contributed by atoms with Gasteiger partial charge >= 0.3 is 10.2 Å². The molecule has 1 aromatic carbocycles. The summed E-state index contributed by atoms with van der Waals surface area (Å²) >= 11 is 0. The van der Waals surface area contributed by atoms with Crippen molar-refractivity contribution in [2.24, 2.45) is 9.81 Å². The van der Waals surface area contributed by atoms with Crippen molar-refractivity contribution in [1.82, 2.24) is 4.98 Å². The zero-order valence-corrected chi connectivity index (χ0v) is 13.0. The first-order valence-electron chi connectivity index (χ1n) is 6.70. The summed E-state index contributed by atoms with van der Waals surface area (Å²) in [5.41, 5.74) is 0.521. The van der Waals surface area contributed by atoms with Gasteiger partial charge in [-0.05, 0) is 29.7 Å². The van der Waals surface area contributed by atoms with Crippen molar-refractivity contribution in [3.8, 4) is 6.07 Å². The maximum Gasteiger partial charge on any atom is 0.344 e. The molecule has 0 fully saturated rings. The van der Waals surface area contributed by atoms with Gasteiger partial charge in [-0.3, -0.25) is 4.31 Å². The standard InChI is InChI=1S/C15H14N4O2S/c1-15(2)9-18-22(20,21)19(10-15)12-3-4-13-11(7-12)5-6-17-14(13)8-16/h3-7,9H,10H2,1-2H3. The van der Waals surface area contributed by atoms with Gasteiger partial charge in [0.15, 0.2) is 0 Å². The third-order valence-electron chi connectivity index (χ3n) is 3.51. The second-order valence-electron chi connectivity index (χ2n) is 5.88. The number of rotatable bonds is 1. The molecule has 1 aliphatic heterocycles. The van der Waals surface area contributed by atoms with Crippen LogP contribution in [0.2, 0.25) is 0 Å². The van der Waals surface area contributed by atoms with Crippen LogP contribution in [0.15, 0.2) is 34.9 Å². The Morgan fingerprint density at radius 2 is 2.09 bits per heavy atom. The molecule has 0 atom stereocenters.